The van der Waals surface area contributed by atoms with E-state index in [2.05, 4.69) is 0 Å². The molecule has 4 aliphatic carbocycles. The number of carbonyl (C=O) groups excluding carboxylic acids is 1. The lowest BCUT2D eigenvalue weighted by Crippen LogP contribution is -2.61. The van der Waals surface area contributed by atoms with Crippen molar-refractivity contribution in [2.75, 3.05) is 0 Å². The van der Waals surface area contributed by atoms with E-state index < -0.39 is 32.3 Å². The number of alkyl halides is 1. The summed E-state index contributed by atoms with van der Waals surface area (Å²) in [6, 6.07) is 0. The van der Waals surface area contributed by atoms with Crippen LogP contribution in [0.4, 0.5) is 4.39 Å². The maximum Gasteiger partial charge on any atom is 0.362 e. The normalized spacial score (nSPS) is 44.4. The van der Waals surface area contributed by atoms with Crippen LogP contribution in [0.3, 0.4) is 0 Å². The number of aliphatic hydroxyl groups is 1. The third kappa shape index (κ3) is 2.37. The molecular formula is C13H19FO6S. The average molecular weight is 322 g/mol. The van der Waals surface area contributed by atoms with Gasteiger partial charge in [-0.2, -0.15) is 8.42 Å². The van der Waals surface area contributed by atoms with Crippen LogP contribution in [0.15, 0.2) is 0 Å². The molecule has 0 aromatic carbocycles. The van der Waals surface area contributed by atoms with Gasteiger partial charge in [0.25, 0.3) is 0 Å². The standard InChI is InChI=1S/C13H19FO6S/c1-11(14,21(17,18)19)10(15)20-13-5-8-2-9(6-13)4-12(16,3-8)7-13/h8-9,16H,2-7H2,1H3,(H,17,18,19)/t8-,9?,11?,12?,13?/m1/s1. The first kappa shape index (κ1) is 15.2. The van der Waals surface area contributed by atoms with E-state index in [0.717, 1.165) is 6.42 Å². The summed E-state index contributed by atoms with van der Waals surface area (Å²) in [6.07, 6.45) is 3.48. The number of hydrogen-bond donors (Lipinski definition) is 2. The minimum atomic E-state index is -5.20. The lowest BCUT2D eigenvalue weighted by molar-refractivity contribution is -0.223. The highest BCUT2D eigenvalue weighted by Crippen LogP contribution is 2.59. The van der Waals surface area contributed by atoms with Crippen LogP contribution >= 0.6 is 0 Å². The molecule has 4 rings (SSSR count). The Morgan fingerprint density at radius 1 is 1.29 bits per heavy atom. The number of hydrogen-bond acceptors (Lipinski definition) is 5. The van der Waals surface area contributed by atoms with Gasteiger partial charge in [-0.3, -0.25) is 4.55 Å². The van der Waals surface area contributed by atoms with E-state index in [-0.39, 0.29) is 18.3 Å². The number of ether oxygens (including phenoxy) is 1. The SMILES string of the molecule is CC(F)(C(=O)OC12CC3C[C@H](CC(O)(C3)C1)C2)S(=O)(=O)O. The van der Waals surface area contributed by atoms with Crippen molar-refractivity contribution >= 4 is 16.1 Å². The van der Waals surface area contributed by atoms with Crippen LogP contribution in [-0.4, -0.2) is 40.2 Å². The number of carbonyl (C=O) groups is 1. The molecule has 2 N–H and O–H groups in total. The fraction of sp³-hybridized carbons (Fsp3) is 0.923. The highest BCUT2D eigenvalue weighted by molar-refractivity contribution is 7.87. The molecule has 0 spiro atoms. The fourth-order valence-corrected chi connectivity index (χ4v) is 4.90. The molecule has 0 aromatic heterocycles. The number of halogens is 1. The van der Waals surface area contributed by atoms with Gasteiger partial charge in [0.05, 0.1) is 5.60 Å². The van der Waals surface area contributed by atoms with Crippen LogP contribution < -0.4 is 0 Å². The summed E-state index contributed by atoms with van der Waals surface area (Å²) in [7, 11) is -5.20. The summed E-state index contributed by atoms with van der Waals surface area (Å²) >= 11 is 0. The second-order valence-corrected chi connectivity index (χ2v) is 8.87. The highest BCUT2D eigenvalue weighted by atomic mass is 32.2. The Labute approximate surface area is 122 Å². The quantitative estimate of drug-likeness (QED) is 0.598. The average Bonchev–Trinajstić information content (AvgIpc) is 2.22. The summed E-state index contributed by atoms with van der Waals surface area (Å²) in [5, 5.41) is 7.00. The Hall–Kier alpha value is -0.730. The molecule has 5 atom stereocenters. The highest BCUT2D eigenvalue weighted by Gasteiger charge is 2.61. The molecule has 4 saturated carbocycles. The number of esters is 1. The van der Waals surface area contributed by atoms with Gasteiger partial charge in [-0.05, 0) is 50.9 Å². The lowest BCUT2D eigenvalue weighted by Gasteiger charge is -2.59. The van der Waals surface area contributed by atoms with E-state index in [1.807, 2.05) is 0 Å². The minimum absolute atomic E-state index is 0.209. The summed E-state index contributed by atoms with van der Waals surface area (Å²) in [5.74, 6) is -1.18. The molecule has 8 heteroatoms. The largest absolute Gasteiger partial charge is 0.456 e. The molecule has 0 saturated heterocycles. The van der Waals surface area contributed by atoms with Crippen molar-refractivity contribution in [2.45, 2.75) is 61.7 Å². The maximum absolute atomic E-state index is 14.0. The monoisotopic (exact) mass is 322 g/mol. The van der Waals surface area contributed by atoms with Gasteiger partial charge in [0, 0.05) is 6.42 Å². The van der Waals surface area contributed by atoms with E-state index in [0.29, 0.717) is 32.6 Å². The molecule has 0 heterocycles. The van der Waals surface area contributed by atoms with Gasteiger partial charge < -0.3 is 9.84 Å². The second-order valence-electron chi connectivity index (χ2n) is 7.15. The van der Waals surface area contributed by atoms with Crippen molar-refractivity contribution in [3.05, 3.63) is 0 Å². The molecule has 4 bridgehead atoms. The summed E-state index contributed by atoms with van der Waals surface area (Å²) in [4.78, 5) is 11.9. The molecule has 0 amide bonds. The van der Waals surface area contributed by atoms with Gasteiger partial charge in [-0.15, -0.1) is 0 Å². The van der Waals surface area contributed by atoms with Gasteiger partial charge in [0.15, 0.2) is 0 Å². The minimum Gasteiger partial charge on any atom is -0.456 e. The maximum atomic E-state index is 14.0. The van der Waals surface area contributed by atoms with E-state index in [9.17, 15) is 22.7 Å². The van der Waals surface area contributed by atoms with Crippen molar-refractivity contribution in [1.29, 1.82) is 0 Å². The van der Waals surface area contributed by atoms with E-state index in [1.165, 1.54) is 0 Å². The predicted octanol–water partition coefficient (Wildman–Crippen LogP) is 1.19. The van der Waals surface area contributed by atoms with Crippen molar-refractivity contribution < 1.29 is 32.0 Å². The molecule has 4 fully saturated rings. The first-order chi connectivity index (χ1) is 9.45. The molecular weight excluding hydrogens is 303 g/mol. The molecule has 0 radical (unpaired) electrons. The molecule has 0 aromatic rings. The fourth-order valence-electron chi connectivity index (χ4n) is 4.64. The zero-order valence-electron chi connectivity index (χ0n) is 11.7. The van der Waals surface area contributed by atoms with Crippen LogP contribution in [0.5, 0.6) is 0 Å². The topological polar surface area (TPSA) is 101 Å². The van der Waals surface area contributed by atoms with Gasteiger partial charge in [-0.1, -0.05) is 0 Å². The summed E-state index contributed by atoms with van der Waals surface area (Å²) in [6.45, 7) is 0.472. The third-order valence-electron chi connectivity index (χ3n) is 5.13. The second kappa shape index (κ2) is 4.17. The van der Waals surface area contributed by atoms with Gasteiger partial charge in [-0.25, -0.2) is 9.18 Å². The Balaban J connectivity index is 1.84. The zero-order valence-corrected chi connectivity index (χ0v) is 12.5. The third-order valence-corrected chi connectivity index (χ3v) is 6.27. The Bertz CT molecular complexity index is 569. The molecule has 6 nitrogen and oxygen atoms in total. The predicted molar refractivity (Wildman–Crippen MR) is 69.5 cm³/mol. The van der Waals surface area contributed by atoms with Crippen LogP contribution in [0.2, 0.25) is 0 Å². The van der Waals surface area contributed by atoms with Crippen LogP contribution in [0.1, 0.15) is 45.4 Å². The van der Waals surface area contributed by atoms with Crippen LogP contribution in [-0.2, 0) is 19.6 Å². The van der Waals surface area contributed by atoms with Crippen molar-refractivity contribution in [1.82, 2.24) is 0 Å². The number of rotatable bonds is 3. The molecule has 4 aliphatic rings. The Morgan fingerprint density at radius 2 is 1.81 bits per heavy atom. The van der Waals surface area contributed by atoms with Crippen LogP contribution in [0.25, 0.3) is 0 Å². The smallest absolute Gasteiger partial charge is 0.362 e. The Morgan fingerprint density at radius 3 is 2.24 bits per heavy atom. The van der Waals surface area contributed by atoms with Crippen molar-refractivity contribution in [3.8, 4) is 0 Å². The summed E-state index contributed by atoms with van der Waals surface area (Å²) < 4.78 is 50.0. The van der Waals surface area contributed by atoms with Gasteiger partial charge >= 0.3 is 21.1 Å². The van der Waals surface area contributed by atoms with E-state index >= 15 is 0 Å². The van der Waals surface area contributed by atoms with E-state index in [1.54, 1.807) is 0 Å². The first-order valence-corrected chi connectivity index (χ1v) is 8.51. The molecule has 4 unspecified atom stereocenters. The van der Waals surface area contributed by atoms with Gasteiger partial charge in [0.1, 0.15) is 5.60 Å². The Kier molecular flexibility index (Phi) is 3.01. The van der Waals surface area contributed by atoms with Crippen molar-refractivity contribution in [2.24, 2.45) is 11.8 Å². The first-order valence-electron chi connectivity index (χ1n) is 7.07. The van der Waals surface area contributed by atoms with Crippen LogP contribution in [0, 0.1) is 11.8 Å². The zero-order chi connectivity index (χ0) is 15.7. The van der Waals surface area contributed by atoms with Gasteiger partial charge in [0.2, 0.25) is 0 Å². The molecule has 0 aliphatic heterocycles. The van der Waals surface area contributed by atoms with E-state index in [4.69, 9.17) is 9.29 Å². The lowest BCUT2D eigenvalue weighted by atomic mass is 9.52. The summed E-state index contributed by atoms with van der Waals surface area (Å²) in [5.41, 5.74) is -1.91. The molecule has 21 heavy (non-hydrogen) atoms. The van der Waals surface area contributed by atoms with Crippen molar-refractivity contribution in [3.63, 3.8) is 0 Å². The molecule has 120 valence electrons.